The average Bonchev–Trinajstić information content (AvgIpc) is 2.96. The van der Waals surface area contributed by atoms with E-state index in [0.717, 1.165) is 19.3 Å². The lowest BCUT2D eigenvalue weighted by Gasteiger charge is -2.45. The number of nitrogens with one attached hydrogen (secondary N) is 1. The van der Waals surface area contributed by atoms with Gasteiger partial charge in [-0.2, -0.15) is 0 Å². The fraction of sp³-hybridized carbons (Fsp3) is 0.548. The maximum atomic E-state index is 13.4. The van der Waals surface area contributed by atoms with Gasteiger partial charge in [0.2, 0.25) is 0 Å². The topological polar surface area (TPSA) is 106 Å². The van der Waals surface area contributed by atoms with E-state index in [1.54, 1.807) is 17.0 Å². The van der Waals surface area contributed by atoms with Crippen molar-refractivity contribution in [3.8, 4) is 11.5 Å². The molecule has 2 heterocycles. The van der Waals surface area contributed by atoms with Crippen LogP contribution in [-0.2, 0) is 4.74 Å². The van der Waals surface area contributed by atoms with Gasteiger partial charge in [-0.05, 0) is 74.3 Å². The lowest BCUT2D eigenvalue weighted by Crippen LogP contribution is -2.58. The molecule has 4 rings (SSSR count). The van der Waals surface area contributed by atoms with Gasteiger partial charge in [0, 0.05) is 38.8 Å². The minimum absolute atomic E-state index is 0.0857. The largest absolute Gasteiger partial charge is 0.496 e. The number of nitrogen functional groups attached to an aromatic ring is 1. The molecule has 0 aliphatic carbocycles. The standard InChI is InChI=1S/C31H42ClFN4O5/c1-20-13-21(2)18-36(17-20)30(39)42-31(3,19-41-24-7-5-23(33)6-8-24)37-11-9-22(10-12-37)16-35-29(38)25-14-26(32)27(34)15-28(25)40-4/h5-8,14-15,20-22H,9-13,16-19,34H2,1-4H3,(H,35,38). The number of nitrogens with zero attached hydrogens (tertiary/aromatic N) is 2. The third-order valence-corrected chi connectivity index (χ3v) is 8.48. The quantitative estimate of drug-likeness (QED) is 0.368. The van der Waals surface area contributed by atoms with Gasteiger partial charge in [0.15, 0.2) is 5.72 Å². The van der Waals surface area contributed by atoms with Crippen molar-refractivity contribution < 1.29 is 28.2 Å². The highest BCUT2D eigenvalue weighted by molar-refractivity contribution is 6.33. The molecule has 0 bridgehead atoms. The zero-order chi connectivity index (χ0) is 30.4. The first-order valence-electron chi connectivity index (χ1n) is 14.5. The zero-order valence-electron chi connectivity index (χ0n) is 24.8. The fourth-order valence-corrected chi connectivity index (χ4v) is 6.02. The summed E-state index contributed by atoms with van der Waals surface area (Å²) in [6.07, 6.45) is 2.28. The molecule has 2 aliphatic rings. The predicted octanol–water partition coefficient (Wildman–Crippen LogP) is 5.42. The van der Waals surface area contributed by atoms with E-state index in [0.29, 0.717) is 72.3 Å². The van der Waals surface area contributed by atoms with E-state index in [1.165, 1.54) is 31.4 Å². The van der Waals surface area contributed by atoms with Gasteiger partial charge in [0.1, 0.15) is 23.9 Å². The molecule has 3 atom stereocenters. The molecule has 2 fully saturated rings. The highest BCUT2D eigenvalue weighted by atomic mass is 35.5. The van der Waals surface area contributed by atoms with E-state index < -0.39 is 5.72 Å². The molecular formula is C31H42ClFN4O5. The van der Waals surface area contributed by atoms with Crippen LogP contribution >= 0.6 is 11.6 Å². The number of methoxy groups -OCH3 is 1. The Hall–Kier alpha value is -3.24. The Bertz CT molecular complexity index is 1230. The number of carbonyl (C=O) groups excluding carboxylic acids is 2. The molecule has 2 aliphatic heterocycles. The van der Waals surface area contributed by atoms with Crippen molar-refractivity contribution in [2.75, 3.05) is 52.2 Å². The molecular weight excluding hydrogens is 563 g/mol. The molecule has 0 aromatic heterocycles. The third-order valence-electron chi connectivity index (χ3n) is 8.15. The van der Waals surface area contributed by atoms with Gasteiger partial charge < -0.3 is 30.2 Å². The van der Waals surface area contributed by atoms with Crippen LogP contribution in [0.2, 0.25) is 5.02 Å². The second-order valence-corrected chi connectivity index (χ2v) is 12.3. The third kappa shape index (κ3) is 7.98. The Labute approximate surface area is 252 Å². The summed E-state index contributed by atoms with van der Waals surface area (Å²) in [6.45, 7) is 9.31. The normalized spacial score (nSPS) is 21.3. The number of amides is 2. The van der Waals surface area contributed by atoms with Gasteiger partial charge in [-0.1, -0.05) is 25.4 Å². The minimum atomic E-state index is -1.04. The average molecular weight is 605 g/mol. The fourth-order valence-electron chi connectivity index (χ4n) is 5.86. The summed E-state index contributed by atoms with van der Waals surface area (Å²) in [4.78, 5) is 30.2. The van der Waals surface area contributed by atoms with Crippen LogP contribution in [0.15, 0.2) is 36.4 Å². The SMILES string of the molecule is COc1cc(N)c(Cl)cc1C(=O)NCC1CCN(C(C)(COc2ccc(F)cc2)OC(=O)N2CC(C)CC(C)C2)CC1. The van der Waals surface area contributed by atoms with Gasteiger partial charge in [-0.25, -0.2) is 9.18 Å². The first-order chi connectivity index (χ1) is 20.0. The number of piperidine rings is 2. The minimum Gasteiger partial charge on any atom is -0.496 e. The number of carbonyl (C=O) groups is 2. The molecule has 230 valence electrons. The van der Waals surface area contributed by atoms with E-state index in [1.807, 2.05) is 6.92 Å². The monoisotopic (exact) mass is 604 g/mol. The number of hydrogen-bond acceptors (Lipinski definition) is 7. The van der Waals surface area contributed by atoms with Gasteiger partial charge in [-0.3, -0.25) is 9.69 Å². The lowest BCUT2D eigenvalue weighted by molar-refractivity contribution is -0.141. The summed E-state index contributed by atoms with van der Waals surface area (Å²) < 4.78 is 31.0. The van der Waals surface area contributed by atoms with E-state index >= 15 is 0 Å². The van der Waals surface area contributed by atoms with Crippen LogP contribution in [0.3, 0.4) is 0 Å². The molecule has 2 aromatic carbocycles. The van der Waals surface area contributed by atoms with E-state index in [-0.39, 0.29) is 30.3 Å². The number of hydrogen-bond donors (Lipinski definition) is 2. The Morgan fingerprint density at radius 3 is 2.38 bits per heavy atom. The van der Waals surface area contributed by atoms with Crippen LogP contribution in [0.25, 0.3) is 0 Å². The summed E-state index contributed by atoms with van der Waals surface area (Å²) in [5.74, 6) is 1.25. The highest BCUT2D eigenvalue weighted by Gasteiger charge is 2.41. The van der Waals surface area contributed by atoms with Crippen LogP contribution < -0.4 is 20.5 Å². The first kappa shape index (κ1) is 31.7. The number of halogens is 2. The summed E-state index contributed by atoms with van der Waals surface area (Å²) in [6, 6.07) is 8.84. The maximum absolute atomic E-state index is 13.4. The molecule has 11 heteroatoms. The molecule has 2 saturated heterocycles. The molecule has 0 saturated carbocycles. The smallest absolute Gasteiger partial charge is 0.411 e. The first-order valence-corrected chi connectivity index (χ1v) is 14.9. The van der Waals surface area contributed by atoms with Gasteiger partial charge in [0.05, 0.1) is 23.4 Å². The van der Waals surface area contributed by atoms with E-state index in [9.17, 15) is 14.0 Å². The maximum Gasteiger partial charge on any atom is 0.411 e. The molecule has 0 radical (unpaired) electrons. The highest BCUT2D eigenvalue weighted by Crippen LogP contribution is 2.31. The molecule has 9 nitrogen and oxygen atoms in total. The van der Waals surface area contributed by atoms with Gasteiger partial charge in [0.25, 0.3) is 5.91 Å². The number of benzene rings is 2. The second kappa shape index (κ2) is 13.8. The lowest BCUT2D eigenvalue weighted by atomic mass is 9.92. The van der Waals surface area contributed by atoms with Crippen LogP contribution in [0.4, 0.5) is 14.9 Å². The van der Waals surface area contributed by atoms with Gasteiger partial charge >= 0.3 is 6.09 Å². The van der Waals surface area contributed by atoms with Crippen molar-refractivity contribution >= 4 is 29.3 Å². The molecule has 3 N–H and O–H groups in total. The molecule has 2 amide bonds. The number of nitrogens with two attached hydrogens (primary N) is 1. The Morgan fingerprint density at radius 2 is 1.76 bits per heavy atom. The Balaban J connectivity index is 1.39. The Morgan fingerprint density at radius 1 is 1.12 bits per heavy atom. The van der Waals surface area contributed by atoms with Gasteiger partial charge in [-0.15, -0.1) is 0 Å². The van der Waals surface area contributed by atoms with Crippen LogP contribution in [0, 0.1) is 23.6 Å². The molecule has 2 aromatic rings. The van der Waals surface area contributed by atoms with Crippen molar-refractivity contribution in [2.24, 2.45) is 17.8 Å². The summed E-state index contributed by atoms with van der Waals surface area (Å²) >= 11 is 6.13. The summed E-state index contributed by atoms with van der Waals surface area (Å²) in [5.41, 5.74) is 5.47. The van der Waals surface area contributed by atoms with Crippen LogP contribution in [0.1, 0.15) is 50.4 Å². The van der Waals surface area contributed by atoms with Crippen molar-refractivity contribution in [3.63, 3.8) is 0 Å². The number of anilines is 1. The molecule has 42 heavy (non-hydrogen) atoms. The molecule has 3 unspecified atom stereocenters. The van der Waals surface area contributed by atoms with Crippen molar-refractivity contribution in [2.45, 2.75) is 45.8 Å². The van der Waals surface area contributed by atoms with Crippen LogP contribution in [0.5, 0.6) is 11.5 Å². The van der Waals surface area contributed by atoms with E-state index in [4.69, 9.17) is 31.5 Å². The zero-order valence-corrected chi connectivity index (χ0v) is 25.6. The summed E-state index contributed by atoms with van der Waals surface area (Å²) in [5, 5.41) is 3.29. The Kier molecular flexibility index (Phi) is 10.4. The second-order valence-electron chi connectivity index (χ2n) is 11.9. The predicted molar refractivity (Wildman–Crippen MR) is 160 cm³/mol. The summed E-state index contributed by atoms with van der Waals surface area (Å²) in [7, 11) is 1.48. The number of rotatable bonds is 9. The number of ether oxygens (including phenoxy) is 3. The van der Waals surface area contributed by atoms with Crippen LogP contribution in [-0.4, -0.2) is 74.0 Å². The van der Waals surface area contributed by atoms with Crippen molar-refractivity contribution in [1.29, 1.82) is 0 Å². The number of likely N-dealkylation sites (tertiary alicyclic amines) is 2. The molecule has 0 spiro atoms. The van der Waals surface area contributed by atoms with Crippen molar-refractivity contribution in [1.82, 2.24) is 15.1 Å². The van der Waals surface area contributed by atoms with E-state index in [2.05, 4.69) is 24.1 Å². The van der Waals surface area contributed by atoms with Crippen molar-refractivity contribution in [3.05, 3.63) is 52.8 Å².